The van der Waals surface area contributed by atoms with E-state index in [1.54, 1.807) is 11.0 Å². The first-order valence-electron chi connectivity index (χ1n) is 9.13. The Labute approximate surface area is 153 Å². The van der Waals surface area contributed by atoms with E-state index in [2.05, 4.69) is 11.9 Å². The van der Waals surface area contributed by atoms with Gasteiger partial charge in [-0.15, -0.1) is 6.58 Å². The summed E-state index contributed by atoms with van der Waals surface area (Å²) < 4.78 is 0. The van der Waals surface area contributed by atoms with E-state index in [4.69, 9.17) is 0 Å². The van der Waals surface area contributed by atoms with E-state index in [0.717, 1.165) is 31.5 Å². The molecule has 3 rings (SSSR count). The molecule has 138 valence electrons. The number of amides is 3. The minimum Gasteiger partial charge on any atom is -0.352 e. The van der Waals surface area contributed by atoms with Gasteiger partial charge in [0.2, 0.25) is 11.8 Å². The lowest BCUT2D eigenvalue weighted by molar-refractivity contribution is -0.128. The maximum atomic E-state index is 12.3. The van der Waals surface area contributed by atoms with Crippen molar-refractivity contribution < 1.29 is 14.4 Å². The quantitative estimate of drug-likeness (QED) is 0.788. The van der Waals surface area contributed by atoms with Gasteiger partial charge in [-0.2, -0.15) is 0 Å². The van der Waals surface area contributed by atoms with E-state index in [1.807, 2.05) is 29.2 Å². The van der Waals surface area contributed by atoms with Gasteiger partial charge in [0.15, 0.2) is 0 Å². The van der Waals surface area contributed by atoms with Gasteiger partial charge in [-0.25, -0.2) is 0 Å². The summed E-state index contributed by atoms with van der Waals surface area (Å²) in [6.07, 6.45) is 4.07. The maximum absolute atomic E-state index is 12.3. The highest BCUT2D eigenvalue weighted by molar-refractivity contribution is 5.94. The van der Waals surface area contributed by atoms with Gasteiger partial charge in [-0.3, -0.25) is 14.4 Å². The van der Waals surface area contributed by atoms with Crippen molar-refractivity contribution in [2.45, 2.75) is 25.8 Å². The molecule has 0 aromatic heterocycles. The fraction of sp³-hybridized carbons (Fsp3) is 0.450. The maximum Gasteiger partial charge on any atom is 0.253 e. The van der Waals surface area contributed by atoms with E-state index in [0.29, 0.717) is 25.2 Å². The predicted molar refractivity (Wildman–Crippen MR) is 98.3 cm³/mol. The monoisotopic (exact) mass is 355 g/mol. The summed E-state index contributed by atoms with van der Waals surface area (Å²) in [5.41, 5.74) is 1.62. The van der Waals surface area contributed by atoms with Crippen LogP contribution in [-0.4, -0.2) is 53.7 Å². The van der Waals surface area contributed by atoms with Crippen LogP contribution < -0.4 is 5.32 Å². The molecule has 1 atom stereocenters. The van der Waals surface area contributed by atoms with Crippen LogP contribution >= 0.6 is 0 Å². The normalized spacial score (nSPS) is 19.7. The number of nitrogens with one attached hydrogen (secondary N) is 1. The van der Waals surface area contributed by atoms with Crippen LogP contribution in [0.2, 0.25) is 0 Å². The molecule has 2 aliphatic heterocycles. The van der Waals surface area contributed by atoms with Gasteiger partial charge in [0, 0.05) is 44.7 Å². The zero-order valence-corrected chi connectivity index (χ0v) is 14.9. The van der Waals surface area contributed by atoms with Gasteiger partial charge in [0.25, 0.3) is 5.91 Å². The van der Waals surface area contributed by atoms with Gasteiger partial charge >= 0.3 is 0 Å². The van der Waals surface area contributed by atoms with Crippen molar-refractivity contribution in [3.05, 3.63) is 48.0 Å². The minimum atomic E-state index is -0.307. The van der Waals surface area contributed by atoms with Crippen molar-refractivity contribution in [2.24, 2.45) is 5.92 Å². The van der Waals surface area contributed by atoms with E-state index in [9.17, 15) is 14.4 Å². The summed E-state index contributed by atoms with van der Waals surface area (Å²) >= 11 is 0. The second-order valence-electron chi connectivity index (χ2n) is 6.90. The highest BCUT2D eigenvalue weighted by Crippen LogP contribution is 2.18. The Morgan fingerprint density at radius 3 is 2.54 bits per heavy atom. The molecular formula is C20H25N3O3. The minimum absolute atomic E-state index is 0.00479. The van der Waals surface area contributed by atoms with E-state index in [1.165, 1.54) is 0 Å². The number of hydrogen-bond acceptors (Lipinski definition) is 3. The van der Waals surface area contributed by atoms with E-state index in [-0.39, 0.29) is 30.1 Å². The summed E-state index contributed by atoms with van der Waals surface area (Å²) in [4.78, 5) is 40.0. The van der Waals surface area contributed by atoms with Gasteiger partial charge in [-0.1, -0.05) is 18.2 Å². The van der Waals surface area contributed by atoms with Crippen LogP contribution in [0.5, 0.6) is 0 Å². The molecule has 1 unspecified atom stereocenters. The fourth-order valence-corrected chi connectivity index (χ4v) is 3.48. The van der Waals surface area contributed by atoms with Gasteiger partial charge in [0.05, 0.1) is 5.92 Å². The molecule has 6 heteroatoms. The molecule has 0 aliphatic carbocycles. The third-order valence-electron chi connectivity index (χ3n) is 5.00. The first-order chi connectivity index (χ1) is 12.6. The molecule has 3 amide bonds. The summed E-state index contributed by atoms with van der Waals surface area (Å²) in [6.45, 7) is 6.61. The Balaban J connectivity index is 1.50. The van der Waals surface area contributed by atoms with Crippen molar-refractivity contribution in [1.29, 1.82) is 0 Å². The highest BCUT2D eigenvalue weighted by Gasteiger charge is 2.33. The van der Waals surface area contributed by atoms with Crippen LogP contribution in [0.25, 0.3) is 0 Å². The third kappa shape index (κ3) is 4.12. The second-order valence-corrected chi connectivity index (χ2v) is 6.90. The molecule has 1 aromatic rings. The zero-order valence-electron chi connectivity index (χ0n) is 14.9. The molecule has 0 bridgehead atoms. The van der Waals surface area contributed by atoms with Crippen molar-refractivity contribution in [1.82, 2.24) is 15.1 Å². The van der Waals surface area contributed by atoms with E-state index < -0.39 is 0 Å². The van der Waals surface area contributed by atoms with Crippen LogP contribution in [0, 0.1) is 5.92 Å². The fourth-order valence-electron chi connectivity index (χ4n) is 3.48. The highest BCUT2D eigenvalue weighted by atomic mass is 16.2. The average Bonchev–Trinajstić information content (AvgIpc) is 3.30. The number of carbonyl (C=O) groups excluding carboxylic acids is 3. The number of likely N-dealkylation sites (tertiary alicyclic amines) is 2. The van der Waals surface area contributed by atoms with Crippen LogP contribution in [0.15, 0.2) is 36.9 Å². The van der Waals surface area contributed by atoms with Crippen LogP contribution in [-0.2, 0) is 16.1 Å². The van der Waals surface area contributed by atoms with Crippen molar-refractivity contribution in [3.63, 3.8) is 0 Å². The molecule has 2 aliphatic rings. The van der Waals surface area contributed by atoms with Gasteiger partial charge < -0.3 is 15.1 Å². The van der Waals surface area contributed by atoms with Gasteiger partial charge in [0.1, 0.15) is 0 Å². The summed E-state index contributed by atoms with van der Waals surface area (Å²) in [5, 5.41) is 2.89. The molecule has 1 aromatic carbocycles. The molecule has 2 fully saturated rings. The Morgan fingerprint density at radius 2 is 1.88 bits per heavy atom. The number of carbonyl (C=O) groups is 3. The first kappa shape index (κ1) is 18.2. The number of nitrogens with zero attached hydrogens (tertiary/aromatic N) is 2. The molecule has 2 saturated heterocycles. The van der Waals surface area contributed by atoms with Crippen molar-refractivity contribution in [3.8, 4) is 0 Å². The average molecular weight is 355 g/mol. The smallest absolute Gasteiger partial charge is 0.253 e. The van der Waals surface area contributed by atoms with Crippen LogP contribution in [0.3, 0.4) is 0 Å². The Kier molecular flexibility index (Phi) is 5.71. The van der Waals surface area contributed by atoms with Crippen molar-refractivity contribution >= 4 is 17.7 Å². The molecular weight excluding hydrogens is 330 g/mol. The summed E-state index contributed by atoms with van der Waals surface area (Å²) in [7, 11) is 0. The SMILES string of the molecule is C=CCN1CC(C(=O)NCc2ccc(C(=O)N3CCCC3)cc2)CC1=O. The molecule has 6 nitrogen and oxygen atoms in total. The first-order valence-corrected chi connectivity index (χ1v) is 9.13. The van der Waals surface area contributed by atoms with Crippen LogP contribution in [0.4, 0.5) is 0 Å². The van der Waals surface area contributed by atoms with E-state index >= 15 is 0 Å². The molecule has 0 radical (unpaired) electrons. The summed E-state index contributed by atoms with van der Waals surface area (Å²) in [5.74, 6) is -0.347. The third-order valence-corrected chi connectivity index (χ3v) is 5.00. The second kappa shape index (κ2) is 8.17. The number of rotatable bonds is 6. The Hall–Kier alpha value is -2.63. The van der Waals surface area contributed by atoms with Gasteiger partial charge in [-0.05, 0) is 30.5 Å². The molecule has 0 spiro atoms. The van der Waals surface area contributed by atoms with Crippen molar-refractivity contribution in [2.75, 3.05) is 26.2 Å². The Morgan fingerprint density at radius 1 is 1.19 bits per heavy atom. The predicted octanol–water partition coefficient (Wildman–Crippen LogP) is 1.57. The molecule has 26 heavy (non-hydrogen) atoms. The lowest BCUT2D eigenvalue weighted by atomic mass is 10.1. The zero-order chi connectivity index (χ0) is 18.5. The largest absolute Gasteiger partial charge is 0.352 e. The molecule has 1 N–H and O–H groups in total. The molecule has 0 saturated carbocycles. The number of benzene rings is 1. The van der Waals surface area contributed by atoms with Crippen LogP contribution in [0.1, 0.15) is 35.2 Å². The standard InChI is InChI=1S/C20H25N3O3/c1-2-9-23-14-17(12-18(23)24)19(25)21-13-15-5-7-16(8-6-15)20(26)22-10-3-4-11-22/h2,5-8,17H,1,3-4,9-14H2,(H,21,25). The lowest BCUT2D eigenvalue weighted by Crippen LogP contribution is -2.32. The Bertz CT molecular complexity index is 693. The molecule has 2 heterocycles. The topological polar surface area (TPSA) is 69.7 Å². The number of hydrogen-bond donors (Lipinski definition) is 1. The summed E-state index contributed by atoms with van der Waals surface area (Å²) in [6, 6.07) is 7.36. The lowest BCUT2D eigenvalue weighted by Gasteiger charge is -2.16.